The van der Waals surface area contributed by atoms with Crippen LogP contribution in [0.5, 0.6) is 0 Å². The zero-order valence-electron chi connectivity index (χ0n) is 22.2. The fourth-order valence-corrected chi connectivity index (χ4v) is 6.51. The number of fused-ring (bicyclic) bond motifs is 4. The summed E-state index contributed by atoms with van der Waals surface area (Å²) >= 11 is 1.58. The predicted molar refractivity (Wildman–Crippen MR) is 153 cm³/mol. The monoisotopic (exact) mass is 537 g/mol. The number of rotatable bonds is 2. The maximum absolute atomic E-state index is 13.0. The summed E-state index contributed by atoms with van der Waals surface area (Å²) in [4.78, 5) is 31.2. The van der Waals surface area contributed by atoms with Crippen LogP contribution in [-0.4, -0.2) is 37.9 Å². The maximum Gasteiger partial charge on any atom is 0.410 e. The third-order valence-electron chi connectivity index (χ3n) is 7.02. The molecule has 1 aliphatic heterocycles. The molecule has 196 valence electrons. The minimum atomic E-state index is -0.593. The highest BCUT2D eigenvalue weighted by molar-refractivity contribution is 7.22. The quantitative estimate of drug-likeness (QED) is 0.299. The van der Waals surface area contributed by atoms with E-state index >= 15 is 0 Å². The highest BCUT2D eigenvalue weighted by atomic mass is 32.1. The van der Waals surface area contributed by atoms with E-state index in [1.807, 2.05) is 76.5 Å². The van der Waals surface area contributed by atoms with Crippen LogP contribution in [0.2, 0.25) is 0 Å². The van der Waals surface area contributed by atoms with Gasteiger partial charge in [0.05, 0.1) is 28.9 Å². The Morgan fingerprint density at radius 3 is 2.72 bits per heavy atom. The summed E-state index contributed by atoms with van der Waals surface area (Å²) in [6.45, 7) is 6.30. The summed E-state index contributed by atoms with van der Waals surface area (Å²) in [7, 11) is 1.88. The molecule has 1 aliphatic rings. The average molecular weight is 538 g/mol. The number of aromatic amines is 1. The van der Waals surface area contributed by atoms with E-state index in [1.165, 1.54) is 0 Å². The highest BCUT2D eigenvalue weighted by Gasteiger charge is 2.28. The number of thiophene rings is 1. The molecule has 8 nitrogen and oxygen atoms in total. The van der Waals surface area contributed by atoms with Gasteiger partial charge in [0.25, 0.3) is 5.56 Å². The van der Waals surface area contributed by atoms with Gasteiger partial charge in [0.1, 0.15) is 11.7 Å². The lowest BCUT2D eigenvalue weighted by Gasteiger charge is -2.31. The lowest BCUT2D eigenvalue weighted by Crippen LogP contribution is -2.40. The van der Waals surface area contributed by atoms with Gasteiger partial charge in [-0.3, -0.25) is 9.48 Å². The molecule has 3 aromatic heterocycles. The van der Waals surface area contributed by atoms with Crippen molar-refractivity contribution in [3.63, 3.8) is 0 Å². The van der Waals surface area contributed by atoms with Crippen molar-refractivity contribution in [3.8, 4) is 27.8 Å². The number of hydrogen-bond acceptors (Lipinski definition) is 6. The zero-order valence-corrected chi connectivity index (χ0v) is 23.0. The topological polar surface area (TPSA) is 104 Å². The van der Waals surface area contributed by atoms with Crippen molar-refractivity contribution in [3.05, 3.63) is 75.8 Å². The van der Waals surface area contributed by atoms with Crippen LogP contribution in [0.15, 0.2) is 53.5 Å². The summed E-state index contributed by atoms with van der Waals surface area (Å²) in [5.41, 5.74) is 4.27. The maximum atomic E-state index is 13.0. The van der Waals surface area contributed by atoms with E-state index in [-0.39, 0.29) is 18.2 Å². The Hall–Kier alpha value is -4.42. The molecule has 2 aromatic carbocycles. The Kier molecular flexibility index (Phi) is 5.81. The molecule has 39 heavy (non-hydrogen) atoms. The molecule has 0 fully saturated rings. The Labute approximate surface area is 229 Å². The van der Waals surface area contributed by atoms with E-state index in [4.69, 9.17) is 4.74 Å². The number of carbonyl (C=O) groups excluding carboxylic acids is 1. The standard InChI is InChI=1S/C30H27N5O3S/c1-30(2,3)38-29(37)35-12-11-18-21-13-17(9-10-20(21)28(36)33-24(18)16-35)23-15-32-34(4)26(23)27-22(14-31)19-7-5-6-8-25(19)39-27/h5-10,13,15H,11-12,16H2,1-4H3,(H,33,36). The van der Waals surface area contributed by atoms with Crippen molar-refractivity contribution >= 4 is 38.3 Å². The van der Waals surface area contributed by atoms with Gasteiger partial charge in [-0.05, 0) is 61.9 Å². The van der Waals surface area contributed by atoms with Gasteiger partial charge in [-0.1, -0.05) is 24.3 Å². The Balaban J connectivity index is 1.46. The van der Waals surface area contributed by atoms with Gasteiger partial charge < -0.3 is 14.6 Å². The normalized spacial score (nSPS) is 13.5. The van der Waals surface area contributed by atoms with Crippen molar-refractivity contribution in [1.82, 2.24) is 19.7 Å². The molecule has 6 rings (SSSR count). The van der Waals surface area contributed by atoms with E-state index in [2.05, 4.69) is 16.2 Å². The third-order valence-corrected chi connectivity index (χ3v) is 8.20. The number of carbonyl (C=O) groups is 1. The molecule has 0 atom stereocenters. The minimum absolute atomic E-state index is 0.191. The number of aryl methyl sites for hydroxylation is 1. The van der Waals surface area contributed by atoms with E-state index in [9.17, 15) is 14.9 Å². The molecule has 0 bridgehead atoms. The molecule has 0 unspecified atom stereocenters. The van der Waals surface area contributed by atoms with Crippen LogP contribution in [0.25, 0.3) is 42.6 Å². The molecule has 0 aliphatic carbocycles. The van der Waals surface area contributed by atoms with Gasteiger partial charge >= 0.3 is 6.09 Å². The fraction of sp³-hybridized carbons (Fsp3) is 0.267. The van der Waals surface area contributed by atoms with Crippen molar-refractivity contribution in [2.75, 3.05) is 6.54 Å². The number of hydrogen-bond donors (Lipinski definition) is 1. The predicted octanol–water partition coefficient (Wildman–Crippen LogP) is 5.98. The molecule has 1 N–H and O–H groups in total. The SMILES string of the molecule is Cn1ncc(-c2ccc3c(=O)[nH]c4c(c3c2)CCN(C(=O)OC(C)(C)C)C4)c1-c1sc2ccccc2c1C#N. The van der Waals surface area contributed by atoms with Crippen LogP contribution in [0.4, 0.5) is 4.79 Å². The van der Waals surface area contributed by atoms with Crippen molar-refractivity contribution in [2.24, 2.45) is 7.05 Å². The van der Waals surface area contributed by atoms with Crippen LogP contribution in [0.1, 0.15) is 37.6 Å². The van der Waals surface area contributed by atoms with Crippen LogP contribution in [0.3, 0.4) is 0 Å². The Morgan fingerprint density at radius 1 is 1.15 bits per heavy atom. The van der Waals surface area contributed by atoms with Gasteiger partial charge in [-0.2, -0.15) is 10.4 Å². The first-order chi connectivity index (χ1) is 18.6. The largest absolute Gasteiger partial charge is 0.444 e. The minimum Gasteiger partial charge on any atom is -0.444 e. The highest BCUT2D eigenvalue weighted by Crippen LogP contribution is 2.42. The first kappa shape index (κ1) is 24.9. The number of amides is 1. The molecule has 0 spiro atoms. The zero-order chi connectivity index (χ0) is 27.5. The summed E-state index contributed by atoms with van der Waals surface area (Å²) < 4.78 is 8.40. The van der Waals surface area contributed by atoms with E-state index in [0.29, 0.717) is 23.9 Å². The second-order valence-electron chi connectivity index (χ2n) is 10.8. The van der Waals surface area contributed by atoms with E-state index in [1.54, 1.807) is 20.9 Å². The van der Waals surface area contributed by atoms with Crippen molar-refractivity contribution in [2.45, 2.75) is 39.3 Å². The molecule has 0 radical (unpaired) electrons. The lowest BCUT2D eigenvalue weighted by molar-refractivity contribution is 0.0221. The molecule has 0 saturated heterocycles. The number of pyridine rings is 1. The molecular formula is C30H27N5O3S. The van der Waals surface area contributed by atoms with Gasteiger partial charge in [0.2, 0.25) is 0 Å². The number of nitrogens with zero attached hydrogens (tertiary/aromatic N) is 4. The third kappa shape index (κ3) is 4.27. The summed E-state index contributed by atoms with van der Waals surface area (Å²) in [6.07, 6.45) is 2.02. The van der Waals surface area contributed by atoms with Crippen LogP contribution in [-0.2, 0) is 24.8 Å². The van der Waals surface area contributed by atoms with E-state index < -0.39 is 5.60 Å². The smallest absolute Gasteiger partial charge is 0.410 e. The van der Waals surface area contributed by atoms with Crippen LogP contribution < -0.4 is 5.56 Å². The molecule has 0 saturated carbocycles. The van der Waals surface area contributed by atoms with Gasteiger partial charge in [0, 0.05) is 40.3 Å². The first-order valence-electron chi connectivity index (χ1n) is 12.7. The number of H-pyrrole nitrogens is 1. The summed E-state index contributed by atoms with van der Waals surface area (Å²) in [5.74, 6) is 0. The summed E-state index contributed by atoms with van der Waals surface area (Å²) in [5, 5.41) is 17.0. The number of ether oxygens (including phenoxy) is 1. The van der Waals surface area contributed by atoms with E-state index in [0.717, 1.165) is 48.4 Å². The average Bonchev–Trinajstić information content (AvgIpc) is 3.46. The number of aromatic nitrogens is 3. The molecule has 4 heterocycles. The second-order valence-corrected chi connectivity index (χ2v) is 11.8. The molecule has 9 heteroatoms. The summed E-state index contributed by atoms with van der Waals surface area (Å²) in [6, 6.07) is 16.1. The molecule has 1 amide bonds. The Bertz CT molecular complexity index is 1880. The van der Waals surface area contributed by atoms with Gasteiger partial charge in [-0.15, -0.1) is 11.3 Å². The molecule has 5 aromatic rings. The van der Waals surface area contributed by atoms with Gasteiger partial charge in [-0.25, -0.2) is 4.79 Å². The van der Waals surface area contributed by atoms with Gasteiger partial charge in [0.15, 0.2) is 0 Å². The lowest BCUT2D eigenvalue weighted by atomic mass is 9.94. The number of nitriles is 1. The number of nitrogens with one attached hydrogen (secondary N) is 1. The fourth-order valence-electron chi connectivity index (χ4n) is 5.26. The van der Waals surface area contributed by atoms with Crippen LogP contribution >= 0.6 is 11.3 Å². The Morgan fingerprint density at radius 2 is 1.95 bits per heavy atom. The molecular weight excluding hydrogens is 510 g/mol. The number of benzene rings is 2. The first-order valence-corrected chi connectivity index (χ1v) is 13.6. The van der Waals surface area contributed by atoms with Crippen LogP contribution in [0, 0.1) is 11.3 Å². The van der Waals surface area contributed by atoms with Crippen molar-refractivity contribution < 1.29 is 9.53 Å². The second kappa shape index (κ2) is 9.10. The van der Waals surface area contributed by atoms with Crippen molar-refractivity contribution in [1.29, 1.82) is 5.26 Å².